The van der Waals surface area contributed by atoms with E-state index in [4.69, 9.17) is 16.3 Å². The highest BCUT2D eigenvalue weighted by Crippen LogP contribution is 2.17. The maximum Gasteiger partial charge on any atom is 0.276 e. The van der Waals surface area contributed by atoms with Crippen molar-refractivity contribution in [1.29, 1.82) is 0 Å². The number of halogens is 1. The van der Waals surface area contributed by atoms with Crippen molar-refractivity contribution in [3.8, 4) is 5.75 Å². The molecule has 0 spiro atoms. The second-order valence-electron chi connectivity index (χ2n) is 4.55. The summed E-state index contributed by atoms with van der Waals surface area (Å²) in [5, 5.41) is 11.0. The van der Waals surface area contributed by atoms with Gasteiger partial charge in [-0.2, -0.15) is 0 Å². The van der Waals surface area contributed by atoms with E-state index >= 15 is 0 Å². The van der Waals surface area contributed by atoms with Crippen LogP contribution in [0.3, 0.4) is 0 Å². The first kappa shape index (κ1) is 17.2. The number of nitro groups is 1. The summed E-state index contributed by atoms with van der Waals surface area (Å²) < 4.78 is 5.15. The summed E-state index contributed by atoms with van der Waals surface area (Å²) in [6.07, 6.45) is 0. The summed E-state index contributed by atoms with van der Waals surface area (Å²) in [4.78, 5) is 33.3. The number of hydrogen-bond donors (Lipinski definition) is 2. The molecular weight excluding hydrogens is 338 g/mol. The van der Waals surface area contributed by atoms with Crippen LogP contribution in [0.15, 0.2) is 48.5 Å². The molecule has 0 aliphatic rings. The molecule has 0 aliphatic carbocycles. The van der Waals surface area contributed by atoms with Crippen LogP contribution in [0.25, 0.3) is 0 Å². The Morgan fingerprint density at radius 1 is 1.04 bits per heavy atom. The summed E-state index contributed by atoms with van der Waals surface area (Å²) in [5.41, 5.74) is 4.67. The van der Waals surface area contributed by atoms with E-state index in [1.807, 2.05) is 0 Å². The van der Waals surface area contributed by atoms with Gasteiger partial charge in [0.15, 0.2) is 6.61 Å². The molecule has 2 amide bonds. The molecule has 0 atom stereocenters. The molecule has 24 heavy (non-hydrogen) atoms. The maximum atomic E-state index is 11.8. The number of hydrogen-bond acceptors (Lipinski definition) is 5. The topological polar surface area (TPSA) is 111 Å². The predicted octanol–water partition coefficient (Wildman–Crippen LogP) is 2.09. The third-order valence-corrected chi connectivity index (χ3v) is 3.09. The largest absolute Gasteiger partial charge is 0.484 e. The Morgan fingerprint density at radius 3 is 2.25 bits per heavy atom. The fourth-order valence-corrected chi connectivity index (χ4v) is 1.77. The molecule has 0 saturated carbocycles. The Morgan fingerprint density at radius 2 is 1.67 bits per heavy atom. The molecule has 0 heterocycles. The highest BCUT2D eigenvalue weighted by atomic mass is 35.5. The normalized spacial score (nSPS) is 9.88. The molecule has 0 radical (unpaired) electrons. The molecule has 2 aromatic rings. The molecule has 8 nitrogen and oxygen atoms in total. The van der Waals surface area contributed by atoms with Gasteiger partial charge in [-0.25, -0.2) is 0 Å². The van der Waals surface area contributed by atoms with Gasteiger partial charge >= 0.3 is 0 Å². The molecule has 9 heteroatoms. The van der Waals surface area contributed by atoms with Crippen molar-refractivity contribution in [2.24, 2.45) is 0 Å². The summed E-state index contributed by atoms with van der Waals surface area (Å²) in [7, 11) is 0. The van der Waals surface area contributed by atoms with E-state index in [2.05, 4.69) is 10.9 Å². The van der Waals surface area contributed by atoms with Crippen LogP contribution in [0.1, 0.15) is 10.4 Å². The summed E-state index contributed by atoms with van der Waals surface area (Å²) >= 11 is 5.72. The maximum absolute atomic E-state index is 11.8. The van der Waals surface area contributed by atoms with Crippen LogP contribution < -0.4 is 15.6 Å². The number of benzene rings is 2. The first-order valence-corrected chi connectivity index (χ1v) is 7.05. The lowest BCUT2D eigenvalue weighted by Gasteiger charge is -2.08. The number of nitrogens with zero attached hydrogens (tertiary/aromatic N) is 1. The zero-order chi connectivity index (χ0) is 17.5. The van der Waals surface area contributed by atoms with Gasteiger partial charge in [0, 0.05) is 22.7 Å². The molecule has 2 N–H and O–H groups in total. The summed E-state index contributed by atoms with van der Waals surface area (Å²) in [5.74, 6) is -0.800. The monoisotopic (exact) mass is 349 g/mol. The van der Waals surface area contributed by atoms with Crippen LogP contribution >= 0.6 is 11.6 Å². The van der Waals surface area contributed by atoms with Crippen LogP contribution in [0.2, 0.25) is 5.02 Å². The van der Waals surface area contributed by atoms with Gasteiger partial charge in [-0.05, 0) is 36.4 Å². The van der Waals surface area contributed by atoms with Crippen molar-refractivity contribution in [2.45, 2.75) is 0 Å². The zero-order valence-electron chi connectivity index (χ0n) is 12.2. The van der Waals surface area contributed by atoms with Crippen molar-refractivity contribution in [3.63, 3.8) is 0 Å². The standard InChI is InChI=1S/C15H12ClN3O5/c16-11-3-1-10(2-4-11)15(21)18-17-14(20)9-24-13-7-5-12(6-8-13)19(22)23/h1-8H,9H2,(H,17,20)(H,18,21). The van der Waals surface area contributed by atoms with Gasteiger partial charge in [0.2, 0.25) is 0 Å². The van der Waals surface area contributed by atoms with Gasteiger partial charge in [0.1, 0.15) is 5.75 Å². The molecule has 0 aliphatic heterocycles. The van der Waals surface area contributed by atoms with Crippen LogP contribution in [-0.2, 0) is 4.79 Å². The van der Waals surface area contributed by atoms with Crippen LogP contribution in [0.4, 0.5) is 5.69 Å². The van der Waals surface area contributed by atoms with E-state index < -0.39 is 16.7 Å². The lowest BCUT2D eigenvalue weighted by atomic mass is 10.2. The van der Waals surface area contributed by atoms with Crippen molar-refractivity contribution < 1.29 is 19.2 Å². The smallest absolute Gasteiger partial charge is 0.276 e. The van der Waals surface area contributed by atoms with E-state index in [0.717, 1.165) is 0 Å². The number of carbonyl (C=O) groups is 2. The lowest BCUT2D eigenvalue weighted by Crippen LogP contribution is -2.43. The number of amides is 2. The van der Waals surface area contributed by atoms with Gasteiger partial charge < -0.3 is 4.74 Å². The first-order chi connectivity index (χ1) is 11.5. The second-order valence-corrected chi connectivity index (χ2v) is 4.99. The van der Waals surface area contributed by atoms with E-state index in [9.17, 15) is 19.7 Å². The van der Waals surface area contributed by atoms with E-state index in [1.54, 1.807) is 12.1 Å². The SMILES string of the molecule is O=C(COc1ccc([N+](=O)[O-])cc1)NNC(=O)c1ccc(Cl)cc1. The molecule has 2 rings (SSSR count). The van der Waals surface area contributed by atoms with Crippen molar-refractivity contribution in [3.05, 3.63) is 69.2 Å². The van der Waals surface area contributed by atoms with E-state index in [-0.39, 0.29) is 12.3 Å². The predicted molar refractivity (Wildman–Crippen MR) is 85.7 cm³/mol. The summed E-state index contributed by atoms with van der Waals surface area (Å²) in [6.45, 7) is -0.362. The average molecular weight is 350 g/mol. The first-order valence-electron chi connectivity index (χ1n) is 6.68. The Kier molecular flexibility index (Phi) is 5.69. The number of rotatable bonds is 5. The number of non-ortho nitro benzene ring substituents is 1. The number of ether oxygens (including phenoxy) is 1. The van der Waals surface area contributed by atoms with Gasteiger partial charge in [0.05, 0.1) is 4.92 Å². The minimum Gasteiger partial charge on any atom is -0.484 e. The fourth-order valence-electron chi connectivity index (χ4n) is 1.65. The molecular formula is C15H12ClN3O5. The van der Waals surface area contributed by atoms with Crippen LogP contribution in [0.5, 0.6) is 5.75 Å². The molecule has 0 fully saturated rings. The van der Waals surface area contributed by atoms with Gasteiger partial charge in [-0.3, -0.25) is 30.6 Å². The number of nitrogens with one attached hydrogen (secondary N) is 2. The highest BCUT2D eigenvalue weighted by Gasteiger charge is 2.09. The number of nitro benzene ring substituents is 1. The highest BCUT2D eigenvalue weighted by molar-refractivity contribution is 6.30. The van der Waals surface area contributed by atoms with E-state index in [1.165, 1.54) is 36.4 Å². The number of carbonyl (C=O) groups excluding carboxylic acids is 2. The zero-order valence-corrected chi connectivity index (χ0v) is 12.9. The van der Waals surface area contributed by atoms with Crippen molar-refractivity contribution in [2.75, 3.05) is 6.61 Å². The summed E-state index contributed by atoms with van der Waals surface area (Å²) in [6, 6.07) is 11.4. The Bertz CT molecular complexity index is 747. The van der Waals surface area contributed by atoms with Crippen LogP contribution in [0, 0.1) is 10.1 Å². The van der Waals surface area contributed by atoms with Crippen molar-refractivity contribution in [1.82, 2.24) is 10.9 Å². The molecule has 0 bridgehead atoms. The second kappa shape index (κ2) is 7.93. The van der Waals surface area contributed by atoms with Crippen LogP contribution in [-0.4, -0.2) is 23.3 Å². The third-order valence-electron chi connectivity index (χ3n) is 2.84. The molecule has 124 valence electrons. The number of hydrazine groups is 1. The minimum atomic E-state index is -0.587. The molecule has 0 aromatic heterocycles. The van der Waals surface area contributed by atoms with E-state index in [0.29, 0.717) is 16.3 Å². The van der Waals surface area contributed by atoms with Gasteiger partial charge in [-0.15, -0.1) is 0 Å². The fraction of sp³-hybridized carbons (Fsp3) is 0.0667. The molecule has 0 saturated heterocycles. The van der Waals surface area contributed by atoms with Gasteiger partial charge in [-0.1, -0.05) is 11.6 Å². The minimum absolute atomic E-state index is 0.0815. The Labute approximate surface area is 141 Å². The lowest BCUT2D eigenvalue weighted by molar-refractivity contribution is -0.384. The Balaban J connectivity index is 1.77. The average Bonchev–Trinajstić information content (AvgIpc) is 2.58. The quantitative estimate of drug-likeness (QED) is 0.634. The molecule has 0 unspecified atom stereocenters. The third kappa shape index (κ3) is 4.96. The van der Waals surface area contributed by atoms with Gasteiger partial charge in [0.25, 0.3) is 17.5 Å². The Hall–Kier alpha value is -3.13. The van der Waals surface area contributed by atoms with Crippen molar-refractivity contribution >= 4 is 29.1 Å². The molecule has 2 aromatic carbocycles.